The van der Waals surface area contributed by atoms with Crippen LogP contribution in [0.5, 0.6) is 5.88 Å². The van der Waals surface area contributed by atoms with Gasteiger partial charge in [-0.25, -0.2) is 17.9 Å². The van der Waals surface area contributed by atoms with Gasteiger partial charge in [0.1, 0.15) is 11.1 Å². The van der Waals surface area contributed by atoms with Crippen LogP contribution in [0.1, 0.15) is 43.1 Å². The van der Waals surface area contributed by atoms with Crippen LogP contribution >= 0.6 is 11.6 Å². The molecular formula is C23H23ClN6O5S. The average molecular weight is 531 g/mol. The number of carbonyl (C=O) groups excluding carboxylic acids is 2. The van der Waals surface area contributed by atoms with Crippen molar-refractivity contribution in [2.24, 2.45) is 14.1 Å². The molecule has 0 spiro atoms. The third-order valence-electron chi connectivity index (χ3n) is 5.70. The Morgan fingerprint density at radius 3 is 2.22 bits per heavy atom. The lowest BCUT2D eigenvalue weighted by atomic mass is 10.0. The van der Waals surface area contributed by atoms with Gasteiger partial charge in [0.05, 0.1) is 35.1 Å². The fourth-order valence-corrected chi connectivity index (χ4v) is 4.97. The molecule has 0 aliphatic rings. The predicted molar refractivity (Wildman–Crippen MR) is 130 cm³/mol. The van der Waals surface area contributed by atoms with E-state index >= 15 is 0 Å². The second-order valence-electron chi connectivity index (χ2n) is 8.36. The first-order valence-electron chi connectivity index (χ1n) is 10.7. The van der Waals surface area contributed by atoms with E-state index in [-0.39, 0.29) is 44.6 Å². The molecular weight excluding hydrogens is 508 g/mol. The number of sulfone groups is 1. The molecule has 3 heterocycles. The van der Waals surface area contributed by atoms with Crippen molar-refractivity contribution in [3.05, 3.63) is 75.5 Å². The van der Waals surface area contributed by atoms with Crippen molar-refractivity contribution in [1.29, 1.82) is 0 Å². The van der Waals surface area contributed by atoms with Crippen molar-refractivity contribution in [2.45, 2.75) is 25.3 Å². The monoisotopic (exact) mass is 530 g/mol. The van der Waals surface area contributed by atoms with E-state index in [9.17, 15) is 18.0 Å². The van der Waals surface area contributed by atoms with Gasteiger partial charge in [-0.1, -0.05) is 11.6 Å². The Morgan fingerprint density at radius 2 is 1.64 bits per heavy atom. The van der Waals surface area contributed by atoms with Crippen molar-refractivity contribution in [2.75, 3.05) is 6.26 Å². The fourth-order valence-electron chi connectivity index (χ4n) is 3.68. The van der Waals surface area contributed by atoms with E-state index in [1.54, 1.807) is 26.4 Å². The molecule has 0 aliphatic carbocycles. The van der Waals surface area contributed by atoms with E-state index in [2.05, 4.69) is 15.3 Å². The number of nitrogens with zero attached hydrogens (tertiary/aromatic N) is 6. The number of esters is 1. The molecule has 3 aromatic heterocycles. The minimum absolute atomic E-state index is 0.0118. The van der Waals surface area contributed by atoms with Gasteiger partial charge in [-0.05, 0) is 31.5 Å². The second-order valence-corrected chi connectivity index (χ2v) is 10.7. The molecule has 0 amide bonds. The highest BCUT2D eigenvalue weighted by molar-refractivity contribution is 7.90. The molecule has 0 saturated carbocycles. The van der Waals surface area contributed by atoms with Crippen LogP contribution in [0.15, 0.2) is 41.8 Å². The SMILES string of the molecule is Cc1cnn(Cc2c(S(C)(=O)=O)ccc(C(=O)c3cnn(C)c3OC(=O)c3cnn(C)c3C)c2Cl)c1. The third kappa shape index (κ3) is 4.69. The zero-order valence-electron chi connectivity index (χ0n) is 20.2. The van der Waals surface area contributed by atoms with E-state index in [0.717, 1.165) is 11.8 Å². The molecule has 4 aromatic rings. The lowest BCUT2D eigenvalue weighted by molar-refractivity contribution is 0.0717. The summed E-state index contributed by atoms with van der Waals surface area (Å²) in [6.07, 6.45) is 7.06. The van der Waals surface area contributed by atoms with Crippen molar-refractivity contribution >= 4 is 33.2 Å². The second kappa shape index (κ2) is 9.36. The Bertz CT molecular complexity index is 1620. The Labute approximate surface area is 212 Å². The van der Waals surface area contributed by atoms with Gasteiger partial charge in [-0.15, -0.1) is 0 Å². The predicted octanol–water partition coefficient (Wildman–Crippen LogP) is 2.52. The van der Waals surface area contributed by atoms with Crippen molar-refractivity contribution in [3.63, 3.8) is 0 Å². The molecule has 4 rings (SSSR count). The topological polar surface area (TPSA) is 131 Å². The van der Waals surface area contributed by atoms with Gasteiger partial charge in [-0.3, -0.25) is 14.2 Å². The van der Waals surface area contributed by atoms with Crippen molar-refractivity contribution in [3.8, 4) is 5.88 Å². The lowest BCUT2D eigenvalue weighted by Crippen LogP contribution is -2.15. The van der Waals surface area contributed by atoms with E-state index in [1.807, 2.05) is 6.92 Å². The van der Waals surface area contributed by atoms with E-state index < -0.39 is 21.6 Å². The quantitative estimate of drug-likeness (QED) is 0.263. The number of ketones is 1. The summed E-state index contributed by atoms with van der Waals surface area (Å²) in [6, 6.07) is 2.67. The minimum Gasteiger partial charge on any atom is -0.403 e. The summed E-state index contributed by atoms with van der Waals surface area (Å²) in [5.74, 6) is -1.37. The van der Waals surface area contributed by atoms with Crippen molar-refractivity contribution < 1.29 is 22.7 Å². The zero-order valence-corrected chi connectivity index (χ0v) is 21.8. The molecule has 11 nitrogen and oxygen atoms in total. The summed E-state index contributed by atoms with van der Waals surface area (Å²) in [6.45, 7) is 3.59. The van der Waals surface area contributed by atoms with Crippen LogP contribution in [-0.2, 0) is 30.5 Å². The largest absolute Gasteiger partial charge is 0.403 e. The summed E-state index contributed by atoms with van der Waals surface area (Å²) in [5.41, 5.74) is 1.96. The Balaban J connectivity index is 1.75. The molecule has 0 fully saturated rings. The maximum absolute atomic E-state index is 13.5. The molecule has 188 valence electrons. The normalized spacial score (nSPS) is 11.6. The van der Waals surface area contributed by atoms with Crippen LogP contribution in [0.4, 0.5) is 0 Å². The van der Waals surface area contributed by atoms with Crippen molar-refractivity contribution in [1.82, 2.24) is 29.3 Å². The molecule has 13 heteroatoms. The molecule has 36 heavy (non-hydrogen) atoms. The third-order valence-corrected chi connectivity index (χ3v) is 7.31. The molecule has 1 aromatic carbocycles. The zero-order chi connectivity index (χ0) is 26.4. The van der Waals surface area contributed by atoms with Gasteiger partial charge in [0.15, 0.2) is 9.84 Å². The average Bonchev–Trinajstić information content (AvgIpc) is 3.48. The molecule has 0 unspecified atom stereocenters. The Hall–Kier alpha value is -3.77. The number of ether oxygens (including phenoxy) is 1. The van der Waals surface area contributed by atoms with Crippen LogP contribution in [0.3, 0.4) is 0 Å². The highest BCUT2D eigenvalue weighted by Crippen LogP contribution is 2.32. The lowest BCUT2D eigenvalue weighted by Gasteiger charge is -2.14. The number of aromatic nitrogens is 6. The maximum Gasteiger partial charge on any atom is 0.348 e. The van der Waals surface area contributed by atoms with E-state index in [1.165, 1.54) is 45.6 Å². The number of aryl methyl sites for hydroxylation is 3. The maximum atomic E-state index is 13.5. The minimum atomic E-state index is -3.66. The van der Waals surface area contributed by atoms with Gasteiger partial charge >= 0.3 is 5.97 Å². The molecule has 0 radical (unpaired) electrons. The van der Waals surface area contributed by atoms with Gasteiger partial charge < -0.3 is 4.74 Å². The molecule has 0 aliphatic heterocycles. The van der Waals surface area contributed by atoms with Crippen LogP contribution in [-0.4, -0.2) is 55.8 Å². The van der Waals surface area contributed by atoms with E-state index in [0.29, 0.717) is 5.69 Å². The number of benzene rings is 1. The first-order valence-corrected chi connectivity index (χ1v) is 12.9. The van der Waals surface area contributed by atoms with Crippen LogP contribution in [0.2, 0.25) is 5.02 Å². The highest BCUT2D eigenvalue weighted by Gasteiger charge is 2.28. The molecule has 0 atom stereocenters. The number of hydrogen-bond acceptors (Lipinski definition) is 8. The van der Waals surface area contributed by atoms with Gasteiger partial charge in [0, 0.05) is 43.4 Å². The summed E-state index contributed by atoms with van der Waals surface area (Å²) in [4.78, 5) is 26.3. The molecule has 0 bridgehead atoms. The summed E-state index contributed by atoms with van der Waals surface area (Å²) in [5, 5.41) is 12.2. The van der Waals surface area contributed by atoms with Crippen LogP contribution in [0.25, 0.3) is 0 Å². The Morgan fingerprint density at radius 1 is 0.972 bits per heavy atom. The summed E-state index contributed by atoms with van der Waals surface area (Å²) in [7, 11) is -0.447. The number of halogens is 1. The molecule has 0 N–H and O–H groups in total. The number of rotatable bonds is 7. The number of carbonyl (C=O) groups is 2. The Kier molecular flexibility index (Phi) is 6.58. The first kappa shape index (κ1) is 25.3. The highest BCUT2D eigenvalue weighted by atomic mass is 35.5. The summed E-state index contributed by atoms with van der Waals surface area (Å²) >= 11 is 6.63. The van der Waals surface area contributed by atoms with E-state index in [4.69, 9.17) is 16.3 Å². The van der Waals surface area contributed by atoms with Gasteiger partial charge in [-0.2, -0.15) is 15.3 Å². The van der Waals surface area contributed by atoms with Crippen LogP contribution < -0.4 is 4.74 Å². The smallest absolute Gasteiger partial charge is 0.348 e. The van der Waals surface area contributed by atoms with Gasteiger partial charge in [0.25, 0.3) is 0 Å². The standard InChI is InChI=1S/C23H23ClN6O5S/c1-13-8-27-30(11-13)12-18-19(36(5,33)34)7-6-15(20(18)24)21(31)17-10-26-29(4)22(17)35-23(32)16-9-25-28(3)14(16)2/h6-11H,12H2,1-5H3. The van der Waals surface area contributed by atoms with Gasteiger partial charge in [0.2, 0.25) is 11.7 Å². The van der Waals surface area contributed by atoms with Crippen LogP contribution in [0, 0.1) is 13.8 Å². The number of hydrogen-bond donors (Lipinski definition) is 0. The summed E-state index contributed by atoms with van der Waals surface area (Å²) < 4.78 is 34.7. The molecule has 0 saturated heterocycles. The fraction of sp³-hybridized carbons (Fsp3) is 0.261. The first-order chi connectivity index (χ1) is 16.9.